The summed E-state index contributed by atoms with van der Waals surface area (Å²) in [4.78, 5) is 19.3. The van der Waals surface area contributed by atoms with E-state index in [9.17, 15) is 26.4 Å². The predicted octanol–water partition coefficient (Wildman–Crippen LogP) is 3.10. The maximum absolute atomic E-state index is 13.3. The minimum atomic E-state index is -4.86. The molecule has 1 aromatic carbocycles. The van der Waals surface area contributed by atoms with Crippen LogP contribution in [0, 0.1) is 0 Å². The number of alkyl halides is 3. The van der Waals surface area contributed by atoms with E-state index < -0.39 is 26.9 Å². The van der Waals surface area contributed by atoms with Gasteiger partial charge in [-0.15, -0.1) is 0 Å². The van der Waals surface area contributed by atoms with E-state index in [1.807, 2.05) is 18.2 Å². The number of hydrogen-bond acceptors (Lipinski definition) is 6. The molecule has 0 bridgehead atoms. The summed E-state index contributed by atoms with van der Waals surface area (Å²) in [5.74, 6) is 0.801. The van der Waals surface area contributed by atoms with Gasteiger partial charge in [-0.3, -0.25) is 4.79 Å². The van der Waals surface area contributed by atoms with Crippen molar-refractivity contribution in [3.05, 3.63) is 69.8 Å². The number of benzene rings is 1. The summed E-state index contributed by atoms with van der Waals surface area (Å²) in [6.45, 7) is 0.832. The van der Waals surface area contributed by atoms with Crippen molar-refractivity contribution in [2.75, 3.05) is 12.9 Å². The van der Waals surface area contributed by atoms with Gasteiger partial charge in [0.25, 0.3) is 5.56 Å². The molecule has 0 saturated carbocycles. The standard InChI is InChI=1S/C21H18F3N3O4S/c1-32(29,30)20-25-16(10-18(26-20)21(22,23)24)15-5-7-19(28)27(12-15)11-13-4-6-17-14(9-13)3-2-8-31-17/h4-7,9-10,12H,2-3,8,11H2,1H3. The summed E-state index contributed by atoms with van der Waals surface area (Å²) in [6.07, 6.45) is -1.03. The topological polar surface area (TPSA) is 91.2 Å². The van der Waals surface area contributed by atoms with Crippen LogP contribution in [0.5, 0.6) is 5.75 Å². The molecule has 3 heterocycles. The van der Waals surface area contributed by atoms with Gasteiger partial charge in [0.05, 0.1) is 18.8 Å². The van der Waals surface area contributed by atoms with Crippen molar-refractivity contribution in [2.24, 2.45) is 0 Å². The number of pyridine rings is 1. The Balaban J connectivity index is 1.75. The summed E-state index contributed by atoms with van der Waals surface area (Å²) < 4.78 is 70.4. The predicted molar refractivity (Wildman–Crippen MR) is 109 cm³/mol. The minimum absolute atomic E-state index is 0.156. The molecule has 0 saturated heterocycles. The fourth-order valence-corrected chi connectivity index (χ4v) is 3.93. The van der Waals surface area contributed by atoms with Gasteiger partial charge in [-0.05, 0) is 42.2 Å². The normalized spacial score (nSPS) is 14.0. The van der Waals surface area contributed by atoms with E-state index in [4.69, 9.17) is 4.74 Å². The highest BCUT2D eigenvalue weighted by molar-refractivity contribution is 7.90. The molecular formula is C21H18F3N3O4S. The molecule has 7 nitrogen and oxygen atoms in total. The second-order valence-electron chi connectivity index (χ2n) is 7.47. The number of aryl methyl sites for hydroxylation is 1. The van der Waals surface area contributed by atoms with E-state index in [-0.39, 0.29) is 23.4 Å². The number of ether oxygens (including phenoxy) is 1. The van der Waals surface area contributed by atoms with Gasteiger partial charge in [0, 0.05) is 24.1 Å². The molecule has 0 aliphatic carbocycles. The highest BCUT2D eigenvalue weighted by Crippen LogP contribution is 2.31. The first-order valence-corrected chi connectivity index (χ1v) is 11.5. The smallest absolute Gasteiger partial charge is 0.433 e. The van der Waals surface area contributed by atoms with E-state index in [1.54, 1.807) is 0 Å². The molecule has 11 heteroatoms. The van der Waals surface area contributed by atoms with Crippen molar-refractivity contribution >= 4 is 9.84 Å². The SMILES string of the molecule is CS(=O)(=O)c1nc(-c2ccc(=O)n(Cc3ccc4c(c3)CCCO4)c2)cc(C(F)(F)F)n1. The molecule has 0 unspecified atom stereocenters. The number of aromatic nitrogens is 3. The minimum Gasteiger partial charge on any atom is -0.493 e. The van der Waals surface area contributed by atoms with Crippen molar-refractivity contribution in [1.29, 1.82) is 0 Å². The quantitative estimate of drug-likeness (QED) is 0.550. The molecule has 0 amide bonds. The van der Waals surface area contributed by atoms with Crippen LogP contribution in [0.3, 0.4) is 0 Å². The van der Waals surface area contributed by atoms with E-state index in [2.05, 4.69) is 9.97 Å². The summed E-state index contributed by atoms with van der Waals surface area (Å²) in [5.41, 5.74) is 0.0147. The van der Waals surface area contributed by atoms with Crippen LogP contribution in [0.2, 0.25) is 0 Å². The van der Waals surface area contributed by atoms with Gasteiger partial charge < -0.3 is 9.30 Å². The third-order valence-electron chi connectivity index (χ3n) is 4.93. The lowest BCUT2D eigenvalue weighted by Crippen LogP contribution is -2.20. The average molecular weight is 465 g/mol. The number of sulfone groups is 1. The average Bonchev–Trinajstić information content (AvgIpc) is 2.73. The van der Waals surface area contributed by atoms with Gasteiger partial charge in [0.15, 0.2) is 0 Å². The number of halogens is 3. The molecule has 0 radical (unpaired) electrons. The first-order valence-electron chi connectivity index (χ1n) is 9.62. The molecule has 168 valence electrons. The van der Waals surface area contributed by atoms with Crippen molar-refractivity contribution in [2.45, 2.75) is 30.7 Å². The van der Waals surface area contributed by atoms with E-state index >= 15 is 0 Å². The van der Waals surface area contributed by atoms with E-state index in [0.717, 1.165) is 36.0 Å². The third-order valence-corrected chi connectivity index (χ3v) is 5.78. The fraction of sp³-hybridized carbons (Fsp3) is 0.286. The highest BCUT2D eigenvalue weighted by atomic mass is 32.2. The zero-order chi connectivity index (χ0) is 23.1. The number of nitrogens with zero attached hydrogens (tertiary/aromatic N) is 3. The van der Waals surface area contributed by atoms with Gasteiger partial charge in [0.1, 0.15) is 11.4 Å². The van der Waals surface area contributed by atoms with Crippen molar-refractivity contribution in [1.82, 2.24) is 14.5 Å². The lowest BCUT2D eigenvalue weighted by molar-refractivity contribution is -0.141. The summed E-state index contributed by atoms with van der Waals surface area (Å²) in [7, 11) is -4.09. The monoisotopic (exact) mass is 465 g/mol. The van der Waals surface area contributed by atoms with Crippen LogP contribution in [0.4, 0.5) is 13.2 Å². The van der Waals surface area contributed by atoms with Crippen LogP contribution in [0.15, 0.2) is 52.5 Å². The summed E-state index contributed by atoms with van der Waals surface area (Å²) >= 11 is 0. The Morgan fingerprint density at radius 1 is 1.12 bits per heavy atom. The zero-order valence-electron chi connectivity index (χ0n) is 16.9. The Labute approximate surface area is 181 Å². The second-order valence-corrected chi connectivity index (χ2v) is 9.38. The Morgan fingerprint density at radius 3 is 2.62 bits per heavy atom. The zero-order valence-corrected chi connectivity index (χ0v) is 17.7. The van der Waals surface area contributed by atoms with E-state index in [1.165, 1.54) is 22.9 Å². The molecule has 0 spiro atoms. The summed E-state index contributed by atoms with van der Waals surface area (Å²) in [6, 6.07) is 8.74. The molecule has 1 aliphatic heterocycles. The number of hydrogen-bond donors (Lipinski definition) is 0. The van der Waals surface area contributed by atoms with Crippen molar-refractivity contribution < 1.29 is 26.3 Å². The van der Waals surface area contributed by atoms with Gasteiger partial charge in [-0.1, -0.05) is 12.1 Å². The first kappa shape index (κ1) is 22.0. The molecular weight excluding hydrogens is 447 g/mol. The molecule has 32 heavy (non-hydrogen) atoms. The molecule has 1 aliphatic rings. The second kappa shape index (κ2) is 8.05. The van der Waals surface area contributed by atoms with E-state index in [0.29, 0.717) is 12.7 Å². The van der Waals surface area contributed by atoms with Crippen LogP contribution in [-0.2, 0) is 29.0 Å². The van der Waals surface area contributed by atoms with Gasteiger partial charge in [0.2, 0.25) is 15.0 Å². The van der Waals surface area contributed by atoms with Gasteiger partial charge in [-0.25, -0.2) is 18.4 Å². The molecule has 3 aromatic rings. The molecule has 0 fully saturated rings. The molecule has 0 N–H and O–H groups in total. The maximum atomic E-state index is 13.3. The largest absolute Gasteiger partial charge is 0.493 e. The third kappa shape index (κ3) is 4.67. The van der Waals surface area contributed by atoms with Gasteiger partial charge in [-0.2, -0.15) is 13.2 Å². The van der Waals surface area contributed by atoms with Crippen LogP contribution in [0.1, 0.15) is 23.2 Å². The Hall–Kier alpha value is -3.21. The van der Waals surface area contributed by atoms with Crippen LogP contribution < -0.4 is 10.3 Å². The Kier molecular flexibility index (Phi) is 5.53. The Morgan fingerprint density at radius 2 is 1.91 bits per heavy atom. The maximum Gasteiger partial charge on any atom is 0.433 e. The van der Waals surface area contributed by atoms with Crippen molar-refractivity contribution in [3.63, 3.8) is 0 Å². The molecule has 4 rings (SSSR count). The Bertz CT molecular complexity index is 1350. The molecule has 0 atom stereocenters. The van der Waals surface area contributed by atoms with Gasteiger partial charge >= 0.3 is 6.18 Å². The number of rotatable bonds is 4. The number of fused-ring (bicyclic) bond motifs is 1. The summed E-state index contributed by atoms with van der Waals surface area (Å²) in [5, 5.41) is -0.935. The van der Waals surface area contributed by atoms with Crippen LogP contribution in [-0.4, -0.2) is 35.8 Å². The first-order chi connectivity index (χ1) is 15.0. The lowest BCUT2D eigenvalue weighted by atomic mass is 10.0. The van der Waals surface area contributed by atoms with Crippen molar-refractivity contribution in [3.8, 4) is 17.0 Å². The van der Waals surface area contributed by atoms with Crippen LogP contribution >= 0.6 is 0 Å². The lowest BCUT2D eigenvalue weighted by Gasteiger charge is -2.18. The highest BCUT2D eigenvalue weighted by Gasteiger charge is 2.35. The molecule has 2 aromatic heterocycles. The fourth-order valence-electron chi connectivity index (χ4n) is 3.40. The van der Waals surface area contributed by atoms with Crippen LogP contribution in [0.25, 0.3) is 11.3 Å².